The summed E-state index contributed by atoms with van der Waals surface area (Å²) in [5, 5.41) is 23.3. The van der Waals surface area contributed by atoms with Crippen molar-refractivity contribution >= 4 is 11.8 Å². The van der Waals surface area contributed by atoms with Gasteiger partial charge in [-0.25, -0.2) is 0 Å². The van der Waals surface area contributed by atoms with E-state index in [4.69, 9.17) is 9.47 Å². The minimum atomic E-state index is -1.74. The van der Waals surface area contributed by atoms with Gasteiger partial charge >= 0.3 is 5.97 Å². The molecule has 2 fully saturated rings. The van der Waals surface area contributed by atoms with Crippen molar-refractivity contribution < 1.29 is 29.3 Å². The first-order valence-electron chi connectivity index (χ1n) is 12.0. The number of unbranched alkanes of at least 4 members (excludes halogenated alkanes) is 1. The lowest BCUT2D eigenvalue weighted by atomic mass is 9.78. The first kappa shape index (κ1) is 25.0. The highest BCUT2D eigenvalue weighted by atomic mass is 16.5. The van der Waals surface area contributed by atoms with Gasteiger partial charge in [-0.15, -0.1) is 0 Å². The highest BCUT2D eigenvalue weighted by molar-refractivity contribution is 6.00. The van der Waals surface area contributed by atoms with Gasteiger partial charge in [-0.1, -0.05) is 40.7 Å². The van der Waals surface area contributed by atoms with Crippen molar-refractivity contribution in [2.24, 2.45) is 29.1 Å². The van der Waals surface area contributed by atoms with Crippen molar-refractivity contribution in [3.63, 3.8) is 0 Å². The summed E-state index contributed by atoms with van der Waals surface area (Å²) in [6.45, 7) is 15.9. The van der Waals surface area contributed by atoms with Gasteiger partial charge in [0.25, 0.3) is 0 Å². The van der Waals surface area contributed by atoms with Crippen LogP contribution in [0.25, 0.3) is 0 Å². The first-order valence-corrected chi connectivity index (χ1v) is 12.0. The fraction of sp³-hybridized carbons (Fsp3) is 0.769. The van der Waals surface area contributed by atoms with Crippen LogP contribution in [0.2, 0.25) is 0 Å². The minimum Gasteiger partial charge on any atom is -0.509 e. The Bertz CT molecular complexity index is 811. The maximum Gasteiger partial charge on any atom is 0.303 e. The van der Waals surface area contributed by atoms with Crippen LogP contribution >= 0.6 is 0 Å². The van der Waals surface area contributed by atoms with Gasteiger partial charge in [0.2, 0.25) is 0 Å². The van der Waals surface area contributed by atoms with E-state index in [-0.39, 0.29) is 46.7 Å². The lowest BCUT2D eigenvalue weighted by Gasteiger charge is -2.38. The van der Waals surface area contributed by atoms with Crippen LogP contribution < -0.4 is 0 Å². The van der Waals surface area contributed by atoms with Gasteiger partial charge in [0.1, 0.15) is 17.5 Å². The molecule has 0 spiro atoms. The van der Waals surface area contributed by atoms with Gasteiger partial charge < -0.3 is 19.7 Å². The highest BCUT2D eigenvalue weighted by Gasteiger charge is 2.64. The smallest absolute Gasteiger partial charge is 0.303 e. The molecular formula is C26H40O6. The van der Waals surface area contributed by atoms with Crippen LogP contribution in [0.15, 0.2) is 23.5 Å². The Morgan fingerprint density at radius 2 is 1.97 bits per heavy atom. The molecule has 180 valence electrons. The number of ether oxygens (including phenoxy) is 2. The number of rotatable bonds is 5. The molecule has 3 rings (SSSR count). The molecule has 6 heteroatoms. The summed E-state index contributed by atoms with van der Waals surface area (Å²) in [4.78, 5) is 25.4. The number of hydrogen-bond acceptors (Lipinski definition) is 6. The van der Waals surface area contributed by atoms with Crippen LogP contribution in [0.5, 0.6) is 0 Å². The number of allylic oxidation sites excluding steroid dienone is 1. The molecule has 0 aromatic heterocycles. The zero-order valence-electron chi connectivity index (χ0n) is 20.4. The third-order valence-corrected chi connectivity index (χ3v) is 8.17. The second kappa shape index (κ2) is 8.94. The second-order valence-electron chi connectivity index (χ2n) is 10.8. The maximum absolute atomic E-state index is 13.3. The van der Waals surface area contributed by atoms with Crippen molar-refractivity contribution in [1.29, 1.82) is 0 Å². The van der Waals surface area contributed by atoms with Crippen molar-refractivity contribution in [3.05, 3.63) is 23.5 Å². The van der Waals surface area contributed by atoms with Gasteiger partial charge in [0.15, 0.2) is 5.78 Å². The van der Waals surface area contributed by atoms with Gasteiger partial charge in [0.05, 0.1) is 12.0 Å². The molecular weight excluding hydrogens is 408 g/mol. The Morgan fingerprint density at radius 3 is 2.56 bits per heavy atom. The van der Waals surface area contributed by atoms with Crippen molar-refractivity contribution in [1.82, 2.24) is 0 Å². The van der Waals surface area contributed by atoms with E-state index < -0.39 is 29.7 Å². The molecule has 0 unspecified atom stereocenters. The molecule has 2 saturated carbocycles. The molecule has 0 aromatic carbocycles. The normalized spacial score (nSPS) is 41.5. The summed E-state index contributed by atoms with van der Waals surface area (Å²) in [6.07, 6.45) is 2.13. The lowest BCUT2D eigenvalue weighted by Crippen LogP contribution is -2.49. The standard InChI is InChI=1S/C26H40O6/c1-8-9-12-31-22-15(3)13-26(30)20(22)23(32-17(5)27)14(2)10-11-18-19(25(18,6)7)21(28)16(4)24(26)29/h15,18-20,22-23,29-30H,2,8-13H2,1,3-7H3/b24-16+/t15-,18-,19-,20+,22-,23-,26+/m0/s1. The van der Waals surface area contributed by atoms with E-state index in [9.17, 15) is 19.8 Å². The van der Waals surface area contributed by atoms with Gasteiger partial charge in [-0.2, -0.15) is 0 Å². The Hall–Kier alpha value is -1.66. The molecule has 0 radical (unpaired) electrons. The largest absolute Gasteiger partial charge is 0.509 e. The number of carbonyl (C=O) groups is 2. The lowest BCUT2D eigenvalue weighted by molar-refractivity contribution is -0.157. The number of aliphatic hydroxyl groups is 2. The SMILES string of the molecule is C=C1CC[C@H]2[C@@H](C(=O)/C(C)=C(/O)[C@@]3(O)C[C@H](C)[C@H](OCCCC)[C@@H]3[C@H]1OC(C)=O)C2(C)C. The van der Waals surface area contributed by atoms with Crippen molar-refractivity contribution in [2.45, 2.75) is 91.5 Å². The first-order chi connectivity index (χ1) is 14.9. The van der Waals surface area contributed by atoms with Crippen molar-refractivity contribution in [2.75, 3.05) is 6.61 Å². The molecule has 0 aliphatic heterocycles. The minimum absolute atomic E-state index is 0.106. The molecule has 0 aromatic rings. The number of esters is 1. The number of hydrogen-bond donors (Lipinski definition) is 2. The molecule has 7 atom stereocenters. The Kier molecular flexibility index (Phi) is 6.98. The van der Waals surface area contributed by atoms with Crippen LogP contribution in [-0.2, 0) is 19.1 Å². The summed E-state index contributed by atoms with van der Waals surface area (Å²) < 4.78 is 12.0. The van der Waals surface area contributed by atoms with Crippen LogP contribution in [0.1, 0.15) is 73.6 Å². The van der Waals surface area contributed by atoms with E-state index >= 15 is 0 Å². The fourth-order valence-corrected chi connectivity index (χ4v) is 6.23. The Balaban J connectivity index is 2.12. The van der Waals surface area contributed by atoms with E-state index in [0.29, 0.717) is 18.6 Å². The van der Waals surface area contributed by atoms with E-state index in [1.165, 1.54) is 6.92 Å². The molecule has 0 amide bonds. The second-order valence-corrected chi connectivity index (χ2v) is 10.8. The molecule has 3 aliphatic carbocycles. The van der Waals surface area contributed by atoms with Crippen molar-refractivity contribution in [3.8, 4) is 0 Å². The zero-order chi connectivity index (χ0) is 24.0. The molecule has 32 heavy (non-hydrogen) atoms. The molecule has 0 saturated heterocycles. The quantitative estimate of drug-likeness (QED) is 0.365. The predicted molar refractivity (Wildman–Crippen MR) is 122 cm³/mol. The van der Waals surface area contributed by atoms with Crippen LogP contribution in [0, 0.1) is 29.1 Å². The van der Waals surface area contributed by atoms with E-state index in [1.54, 1.807) is 6.92 Å². The molecule has 0 bridgehead atoms. The van der Waals surface area contributed by atoms with Gasteiger partial charge in [-0.3, -0.25) is 9.59 Å². The molecule has 3 aliphatic rings. The van der Waals surface area contributed by atoms with E-state index in [2.05, 4.69) is 27.4 Å². The number of fused-ring (bicyclic) bond motifs is 2. The Morgan fingerprint density at radius 1 is 1.31 bits per heavy atom. The third kappa shape index (κ3) is 4.16. The number of aliphatic hydroxyl groups excluding tert-OH is 1. The van der Waals surface area contributed by atoms with Crippen LogP contribution in [-0.4, -0.2) is 46.4 Å². The monoisotopic (exact) mass is 448 g/mol. The highest BCUT2D eigenvalue weighted by Crippen LogP contribution is 2.62. The fourth-order valence-electron chi connectivity index (χ4n) is 6.23. The number of ketones is 1. The van der Waals surface area contributed by atoms with Gasteiger partial charge in [-0.05, 0) is 55.4 Å². The Labute approximate surface area is 192 Å². The maximum atomic E-state index is 13.3. The third-order valence-electron chi connectivity index (χ3n) is 8.17. The summed E-state index contributed by atoms with van der Waals surface area (Å²) in [5.41, 5.74) is -1.01. The number of carbonyl (C=O) groups excluding carboxylic acids is 2. The average molecular weight is 449 g/mol. The topological polar surface area (TPSA) is 93.1 Å². The summed E-state index contributed by atoms with van der Waals surface area (Å²) in [7, 11) is 0. The molecule has 2 N–H and O–H groups in total. The zero-order valence-corrected chi connectivity index (χ0v) is 20.4. The van der Waals surface area contributed by atoms with Crippen LogP contribution in [0.3, 0.4) is 0 Å². The average Bonchev–Trinajstić information content (AvgIpc) is 3.16. The van der Waals surface area contributed by atoms with E-state index in [0.717, 1.165) is 19.3 Å². The molecule has 6 nitrogen and oxygen atoms in total. The molecule has 0 heterocycles. The summed E-state index contributed by atoms with van der Waals surface area (Å²) in [5.74, 6) is -1.77. The summed E-state index contributed by atoms with van der Waals surface area (Å²) in [6, 6.07) is 0. The predicted octanol–water partition coefficient (Wildman–Crippen LogP) is 4.51. The van der Waals surface area contributed by atoms with Crippen LogP contribution in [0.4, 0.5) is 0 Å². The van der Waals surface area contributed by atoms with E-state index in [1.807, 2.05) is 6.92 Å². The number of Topliss-reactive ketones (excluding diaryl/α,β-unsaturated/α-hetero) is 1. The summed E-state index contributed by atoms with van der Waals surface area (Å²) >= 11 is 0. The van der Waals surface area contributed by atoms with Gasteiger partial charge in [0, 0.05) is 25.0 Å².